The summed E-state index contributed by atoms with van der Waals surface area (Å²) < 4.78 is 10.5. The highest BCUT2D eigenvalue weighted by Gasteiger charge is 2.25. The Hall–Kier alpha value is -2.68. The van der Waals surface area contributed by atoms with Crippen LogP contribution in [0.5, 0.6) is 0 Å². The van der Waals surface area contributed by atoms with E-state index < -0.39 is 0 Å². The predicted octanol–water partition coefficient (Wildman–Crippen LogP) is 2.58. The third-order valence-electron chi connectivity index (χ3n) is 4.36. The molecule has 1 saturated heterocycles. The summed E-state index contributed by atoms with van der Waals surface area (Å²) >= 11 is 0. The number of likely N-dealkylation sites (N-methyl/N-ethyl adjacent to an activating group) is 1. The van der Waals surface area contributed by atoms with Gasteiger partial charge >= 0.3 is 0 Å². The maximum absolute atomic E-state index is 12.1. The van der Waals surface area contributed by atoms with Crippen LogP contribution >= 0.6 is 12.4 Å². The Morgan fingerprint density at radius 2 is 2.22 bits per heavy atom. The zero-order valence-electron chi connectivity index (χ0n) is 14.7. The lowest BCUT2D eigenvalue weighted by atomic mass is 10.2. The number of carbonyl (C=O) groups excluding carboxylic acids is 1. The lowest BCUT2D eigenvalue weighted by Gasteiger charge is -2.30. The SMILES string of the molecule is CN1CCNCC1c1noc(-c2cccc(NC(=O)c3ccco3)c2)n1.Cl. The maximum atomic E-state index is 12.1. The fraction of sp³-hybridized carbons (Fsp3) is 0.278. The Morgan fingerprint density at radius 1 is 1.33 bits per heavy atom. The summed E-state index contributed by atoms with van der Waals surface area (Å²) in [4.78, 5) is 18.8. The number of furan rings is 1. The van der Waals surface area contributed by atoms with E-state index in [0.29, 0.717) is 17.4 Å². The van der Waals surface area contributed by atoms with Crippen molar-refractivity contribution in [3.8, 4) is 11.5 Å². The first-order valence-electron chi connectivity index (χ1n) is 8.40. The molecule has 1 amide bonds. The number of hydrogen-bond donors (Lipinski definition) is 2. The van der Waals surface area contributed by atoms with Crippen molar-refractivity contribution in [1.82, 2.24) is 20.4 Å². The lowest BCUT2D eigenvalue weighted by Crippen LogP contribution is -2.44. The van der Waals surface area contributed by atoms with E-state index in [1.807, 2.05) is 19.2 Å². The molecule has 1 aliphatic heterocycles. The van der Waals surface area contributed by atoms with Crippen molar-refractivity contribution in [1.29, 1.82) is 0 Å². The summed E-state index contributed by atoms with van der Waals surface area (Å²) in [5.41, 5.74) is 1.37. The van der Waals surface area contributed by atoms with Gasteiger partial charge in [0.1, 0.15) is 0 Å². The van der Waals surface area contributed by atoms with Crippen LogP contribution in [-0.2, 0) is 0 Å². The van der Waals surface area contributed by atoms with Gasteiger partial charge in [-0.05, 0) is 37.4 Å². The maximum Gasteiger partial charge on any atom is 0.291 e. The monoisotopic (exact) mass is 389 g/mol. The first-order chi connectivity index (χ1) is 12.7. The minimum Gasteiger partial charge on any atom is -0.459 e. The van der Waals surface area contributed by atoms with Crippen molar-refractivity contribution in [2.45, 2.75) is 6.04 Å². The Labute approximate surface area is 162 Å². The highest BCUT2D eigenvalue weighted by molar-refractivity contribution is 6.02. The first kappa shape index (κ1) is 19.1. The highest BCUT2D eigenvalue weighted by atomic mass is 35.5. The van der Waals surface area contributed by atoms with Crippen molar-refractivity contribution in [2.75, 3.05) is 32.0 Å². The molecule has 4 rings (SSSR count). The summed E-state index contributed by atoms with van der Waals surface area (Å²) in [5, 5.41) is 10.3. The molecule has 2 aromatic heterocycles. The summed E-state index contributed by atoms with van der Waals surface area (Å²) in [6.45, 7) is 2.67. The van der Waals surface area contributed by atoms with E-state index in [-0.39, 0.29) is 30.1 Å². The molecule has 3 heterocycles. The average Bonchev–Trinajstić information content (AvgIpc) is 3.35. The Morgan fingerprint density at radius 3 is 3.00 bits per heavy atom. The quantitative estimate of drug-likeness (QED) is 0.707. The van der Waals surface area contributed by atoms with Crippen molar-refractivity contribution in [3.05, 3.63) is 54.2 Å². The normalized spacial score (nSPS) is 17.3. The van der Waals surface area contributed by atoms with Crippen LogP contribution in [-0.4, -0.2) is 47.6 Å². The minimum absolute atomic E-state index is 0. The van der Waals surface area contributed by atoms with Crippen LogP contribution in [0.3, 0.4) is 0 Å². The van der Waals surface area contributed by atoms with Crippen LogP contribution < -0.4 is 10.6 Å². The topological polar surface area (TPSA) is 96.4 Å². The molecule has 1 atom stereocenters. The van der Waals surface area contributed by atoms with E-state index in [2.05, 4.69) is 25.7 Å². The molecule has 8 nitrogen and oxygen atoms in total. The van der Waals surface area contributed by atoms with Crippen LogP contribution in [0.2, 0.25) is 0 Å². The number of nitrogens with one attached hydrogen (secondary N) is 2. The third kappa shape index (κ3) is 4.19. The number of aromatic nitrogens is 2. The molecule has 2 N–H and O–H groups in total. The van der Waals surface area contributed by atoms with Gasteiger partial charge in [-0.2, -0.15) is 4.98 Å². The van der Waals surface area contributed by atoms with Crippen molar-refractivity contribution >= 4 is 24.0 Å². The van der Waals surface area contributed by atoms with Gasteiger partial charge in [-0.1, -0.05) is 11.2 Å². The van der Waals surface area contributed by atoms with Gasteiger partial charge in [0.2, 0.25) is 0 Å². The second-order valence-electron chi connectivity index (χ2n) is 6.17. The number of amides is 1. The molecule has 9 heteroatoms. The summed E-state index contributed by atoms with van der Waals surface area (Å²) in [6, 6.07) is 10.6. The van der Waals surface area contributed by atoms with E-state index in [1.54, 1.807) is 24.3 Å². The zero-order chi connectivity index (χ0) is 17.9. The van der Waals surface area contributed by atoms with Gasteiger partial charge in [0.25, 0.3) is 11.8 Å². The molecule has 27 heavy (non-hydrogen) atoms. The molecule has 1 unspecified atom stereocenters. The summed E-state index contributed by atoms with van der Waals surface area (Å²) in [7, 11) is 2.05. The van der Waals surface area contributed by atoms with Crippen LogP contribution in [0.25, 0.3) is 11.5 Å². The fourth-order valence-electron chi connectivity index (χ4n) is 2.91. The highest BCUT2D eigenvalue weighted by Crippen LogP contribution is 2.25. The minimum atomic E-state index is -0.312. The Kier molecular flexibility index (Phi) is 5.90. The molecule has 0 bridgehead atoms. The number of halogens is 1. The number of anilines is 1. The van der Waals surface area contributed by atoms with Gasteiger partial charge in [0, 0.05) is 30.9 Å². The smallest absolute Gasteiger partial charge is 0.291 e. The number of benzene rings is 1. The van der Waals surface area contributed by atoms with E-state index in [1.165, 1.54) is 6.26 Å². The molecule has 0 spiro atoms. The summed E-state index contributed by atoms with van der Waals surface area (Å²) in [5.74, 6) is 1.02. The van der Waals surface area contributed by atoms with E-state index in [0.717, 1.165) is 25.2 Å². The number of piperazine rings is 1. The second-order valence-corrected chi connectivity index (χ2v) is 6.17. The van der Waals surface area contributed by atoms with Crippen LogP contribution in [0, 0.1) is 0 Å². The third-order valence-corrected chi connectivity index (χ3v) is 4.36. The van der Waals surface area contributed by atoms with Gasteiger partial charge in [-0.15, -0.1) is 12.4 Å². The molecule has 0 aliphatic carbocycles. The van der Waals surface area contributed by atoms with E-state index in [9.17, 15) is 4.79 Å². The number of carbonyl (C=O) groups is 1. The molecule has 1 fully saturated rings. The molecule has 0 saturated carbocycles. The van der Waals surface area contributed by atoms with Gasteiger partial charge < -0.3 is 19.6 Å². The second kappa shape index (κ2) is 8.34. The van der Waals surface area contributed by atoms with Gasteiger partial charge in [0.15, 0.2) is 11.6 Å². The molecular weight excluding hydrogens is 370 g/mol. The number of rotatable bonds is 4. The first-order valence-corrected chi connectivity index (χ1v) is 8.40. The molecular formula is C18H20ClN5O3. The van der Waals surface area contributed by atoms with Crippen molar-refractivity contribution in [2.24, 2.45) is 0 Å². The van der Waals surface area contributed by atoms with E-state index >= 15 is 0 Å². The van der Waals surface area contributed by atoms with E-state index in [4.69, 9.17) is 8.94 Å². The predicted molar refractivity (Wildman–Crippen MR) is 102 cm³/mol. The Balaban J connectivity index is 0.00000210. The molecule has 1 aliphatic rings. The van der Waals surface area contributed by atoms with Crippen LogP contribution in [0.15, 0.2) is 51.6 Å². The number of hydrogen-bond acceptors (Lipinski definition) is 7. The summed E-state index contributed by atoms with van der Waals surface area (Å²) in [6.07, 6.45) is 1.46. The van der Waals surface area contributed by atoms with Gasteiger partial charge in [0.05, 0.1) is 12.3 Å². The molecule has 0 radical (unpaired) electrons. The lowest BCUT2D eigenvalue weighted by molar-refractivity contribution is 0.0996. The zero-order valence-corrected chi connectivity index (χ0v) is 15.5. The molecule has 142 valence electrons. The van der Waals surface area contributed by atoms with Crippen molar-refractivity contribution in [3.63, 3.8) is 0 Å². The van der Waals surface area contributed by atoms with Gasteiger partial charge in [-0.3, -0.25) is 9.69 Å². The van der Waals surface area contributed by atoms with Crippen LogP contribution in [0.4, 0.5) is 5.69 Å². The number of nitrogens with zero attached hydrogens (tertiary/aromatic N) is 3. The average molecular weight is 390 g/mol. The Bertz CT molecular complexity index is 896. The van der Waals surface area contributed by atoms with Gasteiger partial charge in [-0.25, -0.2) is 0 Å². The largest absolute Gasteiger partial charge is 0.459 e. The fourth-order valence-corrected chi connectivity index (χ4v) is 2.91. The van der Waals surface area contributed by atoms with Crippen molar-refractivity contribution < 1.29 is 13.7 Å². The molecule has 3 aromatic rings. The molecule has 1 aromatic carbocycles. The van der Waals surface area contributed by atoms with Crippen LogP contribution in [0.1, 0.15) is 22.4 Å². The standard InChI is InChI=1S/C18H19N5O3.ClH/c1-23-8-7-19-11-14(23)16-21-18(26-22-16)12-4-2-5-13(10-12)20-17(24)15-6-3-9-25-15;/h2-6,9-10,14,19H,7-8,11H2,1H3,(H,20,24);1H.